The maximum absolute atomic E-state index is 3.59. The van der Waals surface area contributed by atoms with Gasteiger partial charge in [0.25, 0.3) is 0 Å². The lowest BCUT2D eigenvalue weighted by Crippen LogP contribution is -2.35. The Hall–Kier alpha value is -0.300. The molecule has 0 aromatic carbocycles. The number of hydrogen-bond acceptors (Lipinski definition) is 1. The second-order valence-electron chi connectivity index (χ2n) is 4.72. The van der Waals surface area contributed by atoms with Crippen molar-refractivity contribution in [3.8, 4) is 0 Å². The molecule has 1 aliphatic rings. The molecule has 0 amide bonds. The van der Waals surface area contributed by atoms with Gasteiger partial charge in [-0.25, -0.2) is 0 Å². The van der Waals surface area contributed by atoms with Crippen LogP contribution in [0.3, 0.4) is 0 Å². The maximum Gasteiger partial charge on any atom is 0.0255 e. The Bertz CT molecular complexity index is 185. The summed E-state index contributed by atoms with van der Waals surface area (Å²) < 4.78 is 0. The molecule has 0 aromatic heterocycles. The van der Waals surface area contributed by atoms with Crippen LogP contribution in [0.4, 0.5) is 0 Å². The highest BCUT2D eigenvalue weighted by Gasteiger charge is 2.15. The Morgan fingerprint density at radius 3 is 2.62 bits per heavy atom. The van der Waals surface area contributed by atoms with E-state index in [1.54, 1.807) is 5.57 Å². The van der Waals surface area contributed by atoms with Crippen LogP contribution in [0, 0.1) is 5.92 Å². The zero-order valence-electron chi connectivity index (χ0n) is 9.43. The van der Waals surface area contributed by atoms with Crippen molar-refractivity contribution in [2.24, 2.45) is 5.92 Å². The Morgan fingerprint density at radius 2 is 2.08 bits per heavy atom. The van der Waals surface area contributed by atoms with E-state index in [2.05, 4.69) is 39.1 Å². The molecule has 1 nitrogen and oxygen atoms in total. The lowest BCUT2D eigenvalue weighted by molar-refractivity contribution is 0.458. The topological polar surface area (TPSA) is 12.0 Å². The molecule has 1 rings (SSSR count). The quantitative estimate of drug-likeness (QED) is 0.662. The Kier molecular flexibility index (Phi) is 3.98. The van der Waals surface area contributed by atoms with Crippen LogP contribution >= 0.6 is 0 Å². The standard InChI is InChI=1S/C12H23N.H2/c1-9(2)11-6-5-7-12(8-11)13-10(3)4;/h8-10,12-13H,5-7H2,1-4H3;1H. The fourth-order valence-corrected chi connectivity index (χ4v) is 1.99. The summed E-state index contributed by atoms with van der Waals surface area (Å²) in [5, 5.41) is 3.59. The van der Waals surface area contributed by atoms with Gasteiger partial charge in [-0.15, -0.1) is 0 Å². The molecule has 0 spiro atoms. The van der Waals surface area contributed by atoms with Crippen LogP contribution in [0.15, 0.2) is 11.6 Å². The van der Waals surface area contributed by atoms with Gasteiger partial charge in [-0.3, -0.25) is 0 Å². The number of nitrogens with one attached hydrogen (secondary N) is 1. The third-order valence-electron chi connectivity index (χ3n) is 2.68. The largest absolute Gasteiger partial charge is 0.308 e. The molecule has 0 radical (unpaired) electrons. The zero-order chi connectivity index (χ0) is 9.84. The van der Waals surface area contributed by atoms with E-state index in [0.717, 1.165) is 5.92 Å². The summed E-state index contributed by atoms with van der Waals surface area (Å²) in [5.74, 6) is 0.733. The van der Waals surface area contributed by atoms with E-state index in [1.807, 2.05) is 0 Å². The van der Waals surface area contributed by atoms with Crippen molar-refractivity contribution in [2.75, 3.05) is 0 Å². The van der Waals surface area contributed by atoms with Crippen LogP contribution in [0.25, 0.3) is 0 Å². The van der Waals surface area contributed by atoms with Gasteiger partial charge in [0.2, 0.25) is 0 Å². The van der Waals surface area contributed by atoms with Crippen molar-refractivity contribution in [1.82, 2.24) is 5.32 Å². The highest BCUT2D eigenvalue weighted by atomic mass is 14.9. The first-order valence-corrected chi connectivity index (χ1v) is 5.56. The Labute approximate surface area is 84.1 Å². The molecule has 13 heavy (non-hydrogen) atoms. The molecule has 1 N–H and O–H groups in total. The van der Waals surface area contributed by atoms with Crippen LogP contribution in [-0.2, 0) is 0 Å². The molecule has 0 saturated heterocycles. The molecule has 0 aliphatic heterocycles. The molecule has 0 heterocycles. The van der Waals surface area contributed by atoms with E-state index in [0.29, 0.717) is 12.1 Å². The van der Waals surface area contributed by atoms with E-state index < -0.39 is 0 Å². The minimum absolute atomic E-state index is 0. The van der Waals surface area contributed by atoms with E-state index in [4.69, 9.17) is 0 Å². The summed E-state index contributed by atoms with van der Waals surface area (Å²) in [4.78, 5) is 0. The lowest BCUT2D eigenvalue weighted by atomic mass is 9.89. The van der Waals surface area contributed by atoms with E-state index in [1.165, 1.54) is 19.3 Å². The number of rotatable bonds is 3. The molecule has 1 atom stereocenters. The van der Waals surface area contributed by atoms with Crippen LogP contribution in [-0.4, -0.2) is 12.1 Å². The van der Waals surface area contributed by atoms with Crippen molar-refractivity contribution in [1.29, 1.82) is 0 Å². The Balaban J connectivity index is 0.00000169. The monoisotopic (exact) mass is 183 g/mol. The van der Waals surface area contributed by atoms with Crippen LogP contribution < -0.4 is 5.32 Å². The summed E-state index contributed by atoms with van der Waals surface area (Å²) >= 11 is 0. The Morgan fingerprint density at radius 1 is 1.38 bits per heavy atom. The highest BCUT2D eigenvalue weighted by Crippen LogP contribution is 2.24. The second-order valence-corrected chi connectivity index (χ2v) is 4.72. The van der Waals surface area contributed by atoms with Gasteiger partial charge in [-0.2, -0.15) is 0 Å². The molecule has 1 unspecified atom stereocenters. The van der Waals surface area contributed by atoms with E-state index >= 15 is 0 Å². The first kappa shape index (κ1) is 10.8. The van der Waals surface area contributed by atoms with Gasteiger partial charge in [0.15, 0.2) is 0 Å². The normalized spacial score (nSPS) is 23.8. The van der Waals surface area contributed by atoms with E-state index in [-0.39, 0.29) is 1.43 Å². The van der Waals surface area contributed by atoms with Crippen LogP contribution in [0.1, 0.15) is 48.4 Å². The van der Waals surface area contributed by atoms with Crippen molar-refractivity contribution in [3.63, 3.8) is 0 Å². The first-order chi connectivity index (χ1) is 6.09. The van der Waals surface area contributed by atoms with Crippen molar-refractivity contribution < 1.29 is 1.43 Å². The minimum atomic E-state index is 0. The minimum Gasteiger partial charge on any atom is -0.308 e. The molecule has 0 aromatic rings. The number of allylic oxidation sites excluding steroid dienone is 1. The van der Waals surface area contributed by atoms with Gasteiger partial charge in [0.1, 0.15) is 0 Å². The van der Waals surface area contributed by atoms with Gasteiger partial charge in [0.05, 0.1) is 0 Å². The molecule has 1 heteroatoms. The van der Waals surface area contributed by atoms with E-state index in [9.17, 15) is 0 Å². The van der Waals surface area contributed by atoms with Gasteiger partial charge in [-0.1, -0.05) is 39.3 Å². The average molecular weight is 183 g/mol. The summed E-state index contributed by atoms with van der Waals surface area (Å²) in [5.41, 5.74) is 1.64. The molecular weight excluding hydrogens is 158 g/mol. The highest BCUT2D eigenvalue weighted by molar-refractivity contribution is 5.12. The van der Waals surface area contributed by atoms with Crippen molar-refractivity contribution in [2.45, 2.75) is 59.0 Å². The second kappa shape index (κ2) is 4.80. The third-order valence-corrected chi connectivity index (χ3v) is 2.68. The lowest BCUT2D eigenvalue weighted by Gasteiger charge is -2.25. The average Bonchev–Trinajstić information content (AvgIpc) is 2.03. The predicted molar refractivity (Wildman–Crippen MR) is 60.9 cm³/mol. The summed E-state index contributed by atoms with van der Waals surface area (Å²) in [7, 11) is 0. The molecular formula is C12H25N. The maximum atomic E-state index is 3.59. The van der Waals surface area contributed by atoms with Crippen molar-refractivity contribution >= 4 is 0 Å². The smallest absolute Gasteiger partial charge is 0.0255 e. The predicted octanol–water partition coefficient (Wildman–Crippen LogP) is 3.37. The van der Waals surface area contributed by atoms with Crippen LogP contribution in [0.2, 0.25) is 0 Å². The van der Waals surface area contributed by atoms with Crippen molar-refractivity contribution in [3.05, 3.63) is 11.6 Å². The number of hydrogen-bond donors (Lipinski definition) is 1. The third kappa shape index (κ3) is 3.51. The molecule has 78 valence electrons. The first-order valence-electron chi connectivity index (χ1n) is 5.56. The summed E-state index contributed by atoms with van der Waals surface area (Å²) in [6.07, 6.45) is 6.44. The van der Waals surface area contributed by atoms with Gasteiger partial charge >= 0.3 is 0 Å². The fraction of sp³-hybridized carbons (Fsp3) is 0.833. The van der Waals surface area contributed by atoms with Crippen LogP contribution in [0.5, 0.6) is 0 Å². The molecule has 0 bridgehead atoms. The molecule has 0 fully saturated rings. The molecule has 1 aliphatic carbocycles. The van der Waals surface area contributed by atoms with Gasteiger partial charge in [-0.05, 0) is 25.2 Å². The SMILES string of the molecule is CC(C)NC1C=C(C(C)C)CCC1.[HH]. The van der Waals surface area contributed by atoms with Gasteiger partial charge < -0.3 is 5.32 Å². The van der Waals surface area contributed by atoms with Gasteiger partial charge in [0, 0.05) is 13.5 Å². The fourth-order valence-electron chi connectivity index (χ4n) is 1.99. The molecule has 0 saturated carbocycles. The summed E-state index contributed by atoms with van der Waals surface area (Å²) in [6, 6.07) is 1.24. The summed E-state index contributed by atoms with van der Waals surface area (Å²) in [6.45, 7) is 9.03. The zero-order valence-corrected chi connectivity index (χ0v) is 9.43.